The molecule has 1 aliphatic rings. The number of carboxylic acids is 1. The fraction of sp³-hybridized carbons (Fsp3) is 0.462. The Bertz CT molecular complexity index is 432. The summed E-state index contributed by atoms with van der Waals surface area (Å²) in [7, 11) is 0. The number of ether oxygens (including phenoxy) is 1. The van der Waals surface area contributed by atoms with Crippen molar-refractivity contribution < 1.29 is 19.0 Å². The molecule has 1 fully saturated rings. The molecule has 2 N–H and O–H groups in total. The lowest BCUT2D eigenvalue weighted by Gasteiger charge is -2.08. The summed E-state index contributed by atoms with van der Waals surface area (Å²) in [5, 5.41) is 11.6. The van der Waals surface area contributed by atoms with Crippen molar-refractivity contribution in [2.75, 3.05) is 25.1 Å². The van der Waals surface area contributed by atoms with Crippen LogP contribution in [0.25, 0.3) is 0 Å². The van der Waals surface area contributed by atoms with Gasteiger partial charge in [0, 0.05) is 13.2 Å². The number of benzene rings is 1. The third kappa shape index (κ3) is 3.70. The first-order valence-electron chi connectivity index (χ1n) is 6.01. The maximum absolute atomic E-state index is 13.5. The molecule has 1 aromatic carbocycles. The van der Waals surface area contributed by atoms with E-state index in [4.69, 9.17) is 9.84 Å². The van der Waals surface area contributed by atoms with E-state index < -0.39 is 11.8 Å². The maximum atomic E-state index is 13.5. The Kier molecular flexibility index (Phi) is 4.15. The molecule has 1 saturated carbocycles. The molecule has 0 bridgehead atoms. The van der Waals surface area contributed by atoms with Gasteiger partial charge in [0.1, 0.15) is 5.82 Å². The van der Waals surface area contributed by atoms with Crippen LogP contribution >= 0.6 is 0 Å². The van der Waals surface area contributed by atoms with Gasteiger partial charge in [-0.1, -0.05) is 0 Å². The molecule has 0 aromatic heterocycles. The number of aromatic carboxylic acids is 1. The Hall–Kier alpha value is -1.62. The van der Waals surface area contributed by atoms with Crippen molar-refractivity contribution in [3.63, 3.8) is 0 Å². The van der Waals surface area contributed by atoms with Gasteiger partial charge >= 0.3 is 5.97 Å². The van der Waals surface area contributed by atoms with Gasteiger partial charge in [-0.3, -0.25) is 0 Å². The SMILES string of the molecule is O=C(O)c1ccc(NCCOCC2CC2)c(F)c1. The van der Waals surface area contributed by atoms with Gasteiger partial charge in [0.2, 0.25) is 0 Å². The first-order chi connectivity index (χ1) is 8.66. The summed E-state index contributed by atoms with van der Waals surface area (Å²) in [6, 6.07) is 3.81. The summed E-state index contributed by atoms with van der Waals surface area (Å²) in [4.78, 5) is 10.6. The molecule has 0 unspecified atom stereocenters. The molecule has 4 nitrogen and oxygen atoms in total. The fourth-order valence-corrected chi connectivity index (χ4v) is 1.58. The Balaban J connectivity index is 1.75. The Morgan fingerprint density at radius 1 is 1.50 bits per heavy atom. The van der Waals surface area contributed by atoms with Crippen LogP contribution < -0.4 is 5.32 Å². The van der Waals surface area contributed by atoms with Gasteiger partial charge in [-0.2, -0.15) is 0 Å². The standard InChI is InChI=1S/C13H16FNO3/c14-11-7-10(13(16)17)3-4-12(11)15-5-6-18-8-9-1-2-9/h3-4,7,9,15H,1-2,5-6,8H2,(H,16,17). The minimum atomic E-state index is -1.13. The average Bonchev–Trinajstić information content (AvgIpc) is 3.14. The number of anilines is 1. The van der Waals surface area contributed by atoms with E-state index in [2.05, 4.69) is 5.32 Å². The van der Waals surface area contributed by atoms with E-state index in [1.165, 1.54) is 25.0 Å². The van der Waals surface area contributed by atoms with Crippen molar-refractivity contribution >= 4 is 11.7 Å². The van der Waals surface area contributed by atoms with Gasteiger partial charge in [-0.05, 0) is 37.0 Å². The summed E-state index contributed by atoms with van der Waals surface area (Å²) in [6.45, 7) is 1.81. The Labute approximate surface area is 105 Å². The third-order valence-electron chi connectivity index (χ3n) is 2.83. The van der Waals surface area contributed by atoms with Crippen molar-refractivity contribution in [1.82, 2.24) is 0 Å². The Morgan fingerprint density at radius 3 is 2.89 bits per heavy atom. The van der Waals surface area contributed by atoms with E-state index in [-0.39, 0.29) is 5.56 Å². The van der Waals surface area contributed by atoms with Crippen LogP contribution in [0.5, 0.6) is 0 Å². The molecule has 0 aliphatic heterocycles. The maximum Gasteiger partial charge on any atom is 0.335 e. The molecule has 0 radical (unpaired) electrons. The van der Waals surface area contributed by atoms with Crippen molar-refractivity contribution in [3.05, 3.63) is 29.6 Å². The van der Waals surface area contributed by atoms with Crippen LogP contribution in [-0.2, 0) is 4.74 Å². The molecule has 0 heterocycles. The van der Waals surface area contributed by atoms with E-state index >= 15 is 0 Å². The van der Waals surface area contributed by atoms with Gasteiger partial charge in [0.05, 0.1) is 17.9 Å². The zero-order chi connectivity index (χ0) is 13.0. The fourth-order valence-electron chi connectivity index (χ4n) is 1.58. The van der Waals surface area contributed by atoms with Crippen LogP contribution in [0, 0.1) is 11.7 Å². The number of nitrogens with one attached hydrogen (secondary N) is 1. The topological polar surface area (TPSA) is 58.6 Å². The highest BCUT2D eigenvalue weighted by Gasteiger charge is 2.20. The Morgan fingerprint density at radius 2 is 2.28 bits per heavy atom. The van der Waals surface area contributed by atoms with Crippen molar-refractivity contribution in [1.29, 1.82) is 0 Å². The van der Waals surface area contributed by atoms with Gasteiger partial charge in [0.25, 0.3) is 0 Å². The number of rotatable bonds is 7. The van der Waals surface area contributed by atoms with E-state index in [0.29, 0.717) is 18.8 Å². The lowest BCUT2D eigenvalue weighted by molar-refractivity contribution is 0.0696. The molecule has 2 rings (SSSR count). The van der Waals surface area contributed by atoms with Crippen molar-refractivity contribution in [2.24, 2.45) is 5.92 Å². The molecular weight excluding hydrogens is 237 g/mol. The number of hydrogen-bond acceptors (Lipinski definition) is 3. The molecule has 0 spiro atoms. The van der Waals surface area contributed by atoms with Crippen LogP contribution in [0.3, 0.4) is 0 Å². The highest BCUT2D eigenvalue weighted by molar-refractivity contribution is 5.88. The second kappa shape index (κ2) is 5.82. The highest BCUT2D eigenvalue weighted by Crippen LogP contribution is 2.28. The van der Waals surface area contributed by atoms with E-state index in [1.807, 2.05) is 0 Å². The normalized spacial score (nSPS) is 14.5. The second-order valence-electron chi connectivity index (χ2n) is 4.44. The first-order valence-corrected chi connectivity index (χ1v) is 6.01. The summed E-state index contributed by atoms with van der Waals surface area (Å²) >= 11 is 0. The number of carboxylic acid groups (broad SMARTS) is 1. The number of halogens is 1. The quantitative estimate of drug-likeness (QED) is 0.732. The van der Waals surface area contributed by atoms with Crippen LogP contribution in [-0.4, -0.2) is 30.8 Å². The van der Waals surface area contributed by atoms with Crippen molar-refractivity contribution in [3.8, 4) is 0 Å². The molecular formula is C13H16FNO3. The summed E-state index contributed by atoms with van der Waals surface area (Å²) in [5.74, 6) is -0.970. The van der Waals surface area contributed by atoms with E-state index in [0.717, 1.165) is 18.6 Å². The van der Waals surface area contributed by atoms with Crippen LogP contribution in [0.1, 0.15) is 23.2 Å². The molecule has 5 heteroatoms. The van der Waals surface area contributed by atoms with Gasteiger partial charge < -0.3 is 15.2 Å². The summed E-state index contributed by atoms with van der Waals surface area (Å²) in [6.07, 6.45) is 2.50. The molecule has 0 atom stereocenters. The molecule has 98 valence electrons. The lowest BCUT2D eigenvalue weighted by atomic mass is 10.2. The first kappa shape index (κ1) is 12.8. The lowest BCUT2D eigenvalue weighted by Crippen LogP contribution is -2.12. The largest absolute Gasteiger partial charge is 0.478 e. The van der Waals surface area contributed by atoms with Crippen molar-refractivity contribution in [2.45, 2.75) is 12.8 Å². The number of hydrogen-bond donors (Lipinski definition) is 2. The predicted molar refractivity (Wildman–Crippen MR) is 65.4 cm³/mol. The number of carbonyl (C=O) groups is 1. The zero-order valence-electron chi connectivity index (χ0n) is 9.99. The molecule has 1 aliphatic carbocycles. The van der Waals surface area contributed by atoms with E-state index in [1.54, 1.807) is 0 Å². The van der Waals surface area contributed by atoms with Gasteiger partial charge in [-0.15, -0.1) is 0 Å². The third-order valence-corrected chi connectivity index (χ3v) is 2.83. The zero-order valence-corrected chi connectivity index (χ0v) is 9.99. The minimum absolute atomic E-state index is 0.0527. The molecule has 18 heavy (non-hydrogen) atoms. The predicted octanol–water partition coefficient (Wildman–Crippen LogP) is 2.36. The summed E-state index contributed by atoms with van der Waals surface area (Å²) in [5.41, 5.74) is 0.248. The summed E-state index contributed by atoms with van der Waals surface area (Å²) < 4.78 is 18.9. The average molecular weight is 253 g/mol. The van der Waals surface area contributed by atoms with E-state index in [9.17, 15) is 9.18 Å². The molecule has 1 aromatic rings. The van der Waals surface area contributed by atoms with Crippen LogP contribution in [0.4, 0.5) is 10.1 Å². The highest BCUT2D eigenvalue weighted by atomic mass is 19.1. The minimum Gasteiger partial charge on any atom is -0.478 e. The van der Waals surface area contributed by atoms with Crippen LogP contribution in [0.2, 0.25) is 0 Å². The monoisotopic (exact) mass is 253 g/mol. The molecule has 0 amide bonds. The van der Waals surface area contributed by atoms with Crippen LogP contribution in [0.15, 0.2) is 18.2 Å². The van der Waals surface area contributed by atoms with Gasteiger partial charge in [-0.25, -0.2) is 9.18 Å². The molecule has 0 saturated heterocycles. The smallest absolute Gasteiger partial charge is 0.335 e. The second-order valence-corrected chi connectivity index (χ2v) is 4.44. The van der Waals surface area contributed by atoms with Gasteiger partial charge in [0.15, 0.2) is 0 Å².